The molecule has 1 aromatic heterocycles. The maximum atomic E-state index is 8.91. The second kappa shape index (κ2) is 3.75. The fourth-order valence-corrected chi connectivity index (χ4v) is 2.17. The molecule has 0 aliphatic carbocycles. The van der Waals surface area contributed by atoms with E-state index in [0.717, 1.165) is 9.90 Å². The monoisotopic (exact) mass is 205 g/mol. The quantitative estimate of drug-likeness (QED) is 0.789. The molecule has 1 atom stereocenters. The average molecular weight is 206 g/mol. The summed E-state index contributed by atoms with van der Waals surface area (Å²) in [7, 11) is 0. The van der Waals surface area contributed by atoms with Gasteiger partial charge in [-0.15, -0.1) is 11.3 Å². The molecule has 0 saturated carbocycles. The van der Waals surface area contributed by atoms with Crippen molar-refractivity contribution in [2.75, 3.05) is 6.61 Å². The highest BCUT2D eigenvalue weighted by atomic mass is 35.5. The van der Waals surface area contributed by atoms with Crippen LogP contribution in [-0.4, -0.2) is 17.3 Å². The topological polar surface area (TPSA) is 46.2 Å². The lowest BCUT2D eigenvalue weighted by Crippen LogP contribution is -2.42. The molecule has 0 aliphatic rings. The summed E-state index contributed by atoms with van der Waals surface area (Å²) in [6.45, 7) is 1.81. The molecule has 68 valence electrons. The van der Waals surface area contributed by atoms with Crippen LogP contribution in [0, 0.1) is 0 Å². The Hall–Kier alpha value is -0.0900. The predicted octanol–water partition coefficient (Wildman–Crippen LogP) is 1.65. The third-order valence-electron chi connectivity index (χ3n) is 1.56. The molecular weight excluding hydrogens is 194 g/mol. The lowest BCUT2D eigenvalue weighted by molar-refractivity contribution is 0.209. The fourth-order valence-electron chi connectivity index (χ4n) is 0.900. The van der Waals surface area contributed by atoms with Crippen LogP contribution in [0.5, 0.6) is 0 Å². The van der Waals surface area contributed by atoms with Crippen LogP contribution in [0.4, 0.5) is 0 Å². The highest BCUT2D eigenvalue weighted by Gasteiger charge is 2.18. The van der Waals surface area contributed by atoms with E-state index >= 15 is 0 Å². The summed E-state index contributed by atoms with van der Waals surface area (Å²) in [6.07, 6.45) is 0.668. The van der Waals surface area contributed by atoms with E-state index in [1.54, 1.807) is 11.3 Å². The summed E-state index contributed by atoms with van der Waals surface area (Å²) in [5, 5.41) is 11.5. The van der Waals surface area contributed by atoms with E-state index in [1.807, 2.05) is 18.4 Å². The Morgan fingerprint density at radius 1 is 1.75 bits per heavy atom. The Morgan fingerprint density at radius 3 is 2.83 bits per heavy atom. The molecule has 0 spiro atoms. The van der Waals surface area contributed by atoms with Crippen molar-refractivity contribution in [2.45, 2.75) is 18.9 Å². The van der Waals surface area contributed by atoms with Gasteiger partial charge in [0.05, 0.1) is 11.6 Å². The summed E-state index contributed by atoms with van der Waals surface area (Å²) in [6, 6.07) is 1.88. The van der Waals surface area contributed by atoms with Crippen molar-refractivity contribution < 1.29 is 5.11 Å². The molecule has 1 heterocycles. The van der Waals surface area contributed by atoms with Crippen molar-refractivity contribution in [2.24, 2.45) is 5.73 Å². The van der Waals surface area contributed by atoms with Gasteiger partial charge in [0.25, 0.3) is 0 Å². The first-order valence-electron chi connectivity index (χ1n) is 3.66. The molecule has 1 aromatic rings. The largest absolute Gasteiger partial charge is 0.394 e. The minimum atomic E-state index is -0.534. The normalized spacial score (nSPS) is 16.0. The summed E-state index contributed by atoms with van der Waals surface area (Å²) in [5.41, 5.74) is 5.24. The van der Waals surface area contributed by atoms with Crippen LogP contribution >= 0.6 is 22.9 Å². The zero-order valence-corrected chi connectivity index (χ0v) is 8.45. The third-order valence-corrected chi connectivity index (χ3v) is 2.85. The average Bonchev–Trinajstić information content (AvgIpc) is 2.35. The first-order valence-corrected chi connectivity index (χ1v) is 4.92. The Kier molecular flexibility index (Phi) is 3.12. The van der Waals surface area contributed by atoms with Gasteiger partial charge in [-0.25, -0.2) is 0 Å². The molecule has 0 aromatic carbocycles. The summed E-state index contributed by atoms with van der Waals surface area (Å²) in [4.78, 5) is 1.11. The van der Waals surface area contributed by atoms with Crippen LogP contribution in [0.3, 0.4) is 0 Å². The number of aliphatic hydroxyl groups is 1. The van der Waals surface area contributed by atoms with Gasteiger partial charge in [-0.2, -0.15) is 0 Å². The van der Waals surface area contributed by atoms with Gasteiger partial charge >= 0.3 is 0 Å². The third kappa shape index (κ3) is 2.75. The second-order valence-corrected chi connectivity index (χ2v) is 4.65. The number of hydrogen-bond acceptors (Lipinski definition) is 3. The molecule has 0 bridgehead atoms. The Labute approximate surface area is 81.0 Å². The molecule has 2 nitrogen and oxygen atoms in total. The minimum Gasteiger partial charge on any atom is -0.394 e. The Bertz CT molecular complexity index is 259. The molecule has 12 heavy (non-hydrogen) atoms. The first kappa shape index (κ1) is 9.99. The van der Waals surface area contributed by atoms with Crippen molar-refractivity contribution in [3.63, 3.8) is 0 Å². The van der Waals surface area contributed by atoms with Gasteiger partial charge in [-0.1, -0.05) is 11.6 Å². The number of thiophene rings is 1. The SMILES string of the molecule is CC(N)(CO)Cc1cc(Cl)cs1. The Morgan fingerprint density at radius 2 is 2.42 bits per heavy atom. The summed E-state index contributed by atoms with van der Waals surface area (Å²) >= 11 is 7.31. The van der Waals surface area contributed by atoms with Crippen LogP contribution in [0.2, 0.25) is 5.02 Å². The van der Waals surface area contributed by atoms with E-state index in [-0.39, 0.29) is 6.61 Å². The lowest BCUT2D eigenvalue weighted by atomic mass is 10.00. The summed E-state index contributed by atoms with van der Waals surface area (Å²) < 4.78 is 0. The van der Waals surface area contributed by atoms with Crippen molar-refractivity contribution in [1.29, 1.82) is 0 Å². The van der Waals surface area contributed by atoms with Crippen LogP contribution in [-0.2, 0) is 6.42 Å². The van der Waals surface area contributed by atoms with Crippen LogP contribution in [0.15, 0.2) is 11.4 Å². The smallest absolute Gasteiger partial charge is 0.0612 e. The number of aliphatic hydroxyl groups excluding tert-OH is 1. The molecule has 0 amide bonds. The molecule has 3 N–H and O–H groups in total. The maximum absolute atomic E-state index is 8.91. The van der Waals surface area contributed by atoms with Crippen molar-refractivity contribution in [1.82, 2.24) is 0 Å². The van der Waals surface area contributed by atoms with E-state index in [1.165, 1.54) is 0 Å². The molecule has 4 heteroatoms. The lowest BCUT2D eigenvalue weighted by Gasteiger charge is -2.20. The van der Waals surface area contributed by atoms with Crippen LogP contribution in [0.1, 0.15) is 11.8 Å². The van der Waals surface area contributed by atoms with E-state index < -0.39 is 5.54 Å². The molecule has 1 unspecified atom stereocenters. The van der Waals surface area contributed by atoms with Gasteiger partial charge in [0.1, 0.15) is 0 Å². The molecule has 0 radical (unpaired) electrons. The fraction of sp³-hybridized carbons (Fsp3) is 0.500. The van der Waals surface area contributed by atoms with E-state index in [2.05, 4.69) is 0 Å². The van der Waals surface area contributed by atoms with Gasteiger partial charge in [0.2, 0.25) is 0 Å². The standard InChI is InChI=1S/C8H12ClNOS/c1-8(10,5-11)3-7-2-6(9)4-12-7/h2,4,11H,3,5,10H2,1H3. The van der Waals surface area contributed by atoms with Crippen molar-refractivity contribution in [3.05, 3.63) is 21.3 Å². The van der Waals surface area contributed by atoms with Gasteiger partial charge in [-0.3, -0.25) is 0 Å². The van der Waals surface area contributed by atoms with Gasteiger partial charge in [0.15, 0.2) is 0 Å². The number of nitrogens with two attached hydrogens (primary N) is 1. The van der Waals surface area contributed by atoms with Crippen LogP contribution < -0.4 is 5.73 Å². The first-order chi connectivity index (χ1) is 5.53. The predicted molar refractivity (Wildman–Crippen MR) is 52.7 cm³/mol. The zero-order valence-electron chi connectivity index (χ0n) is 6.88. The van der Waals surface area contributed by atoms with Crippen molar-refractivity contribution in [3.8, 4) is 0 Å². The Balaban J connectivity index is 2.63. The van der Waals surface area contributed by atoms with Gasteiger partial charge in [0, 0.05) is 22.2 Å². The zero-order chi connectivity index (χ0) is 9.19. The number of hydrogen-bond donors (Lipinski definition) is 2. The van der Waals surface area contributed by atoms with Gasteiger partial charge in [-0.05, 0) is 13.0 Å². The second-order valence-electron chi connectivity index (χ2n) is 3.22. The summed E-state index contributed by atoms with van der Waals surface area (Å²) in [5.74, 6) is 0. The number of rotatable bonds is 3. The molecule has 1 rings (SSSR count). The molecular formula is C8H12ClNOS. The highest BCUT2D eigenvalue weighted by Crippen LogP contribution is 2.22. The van der Waals surface area contributed by atoms with Crippen LogP contribution in [0.25, 0.3) is 0 Å². The maximum Gasteiger partial charge on any atom is 0.0612 e. The van der Waals surface area contributed by atoms with E-state index in [4.69, 9.17) is 22.4 Å². The molecule has 0 fully saturated rings. The van der Waals surface area contributed by atoms with E-state index in [9.17, 15) is 0 Å². The molecule has 0 saturated heterocycles. The van der Waals surface area contributed by atoms with Gasteiger partial charge < -0.3 is 10.8 Å². The van der Waals surface area contributed by atoms with E-state index in [0.29, 0.717) is 6.42 Å². The molecule has 0 aliphatic heterocycles. The number of halogens is 1. The highest BCUT2D eigenvalue weighted by molar-refractivity contribution is 7.10. The van der Waals surface area contributed by atoms with Crippen molar-refractivity contribution >= 4 is 22.9 Å². The minimum absolute atomic E-state index is 0.0114.